The molecular weight excluding hydrogens is 396 g/mol. The van der Waals surface area contributed by atoms with E-state index in [1.54, 1.807) is 24.5 Å². The van der Waals surface area contributed by atoms with Crippen molar-refractivity contribution in [2.75, 3.05) is 20.3 Å². The van der Waals surface area contributed by atoms with Crippen LogP contribution in [-0.4, -0.2) is 35.7 Å². The van der Waals surface area contributed by atoms with Crippen LogP contribution in [0.15, 0.2) is 35.9 Å². The first-order valence-electron chi connectivity index (χ1n) is 9.85. The van der Waals surface area contributed by atoms with Gasteiger partial charge in [0.1, 0.15) is 11.6 Å². The number of carbonyl (C=O) groups is 1. The summed E-state index contributed by atoms with van der Waals surface area (Å²) in [5.41, 5.74) is 4.01. The van der Waals surface area contributed by atoms with E-state index < -0.39 is 0 Å². The van der Waals surface area contributed by atoms with Gasteiger partial charge in [-0.1, -0.05) is 19.1 Å². The summed E-state index contributed by atoms with van der Waals surface area (Å²) < 4.78 is 8.41. The molecule has 1 amide bonds. The SMILES string of the molecule is COCCn1c(C)cc(/C=C(/C#N)C(=O)NCC(C)c2nc3ccccc3s2)c1C. The van der Waals surface area contributed by atoms with Crippen molar-refractivity contribution in [1.82, 2.24) is 14.9 Å². The van der Waals surface area contributed by atoms with E-state index in [1.165, 1.54) is 0 Å². The van der Waals surface area contributed by atoms with Crippen LogP contribution in [0.25, 0.3) is 16.3 Å². The summed E-state index contributed by atoms with van der Waals surface area (Å²) in [5.74, 6) is -0.308. The number of amides is 1. The van der Waals surface area contributed by atoms with Crippen LogP contribution in [-0.2, 0) is 16.1 Å². The van der Waals surface area contributed by atoms with E-state index in [2.05, 4.69) is 14.9 Å². The standard InChI is InChI=1S/C23H26N4O2S/c1-15(23-26-20-7-5-6-8-21(20)30-23)14-25-22(28)19(13-24)12-18-11-16(2)27(17(18)3)9-10-29-4/h5-8,11-12,15H,9-10,14H2,1-4H3,(H,25,28)/b19-12-. The molecule has 1 aromatic carbocycles. The molecule has 2 aromatic heterocycles. The summed E-state index contributed by atoms with van der Waals surface area (Å²) in [6, 6.07) is 12.0. The molecule has 1 atom stereocenters. The third-order valence-electron chi connectivity index (χ3n) is 5.10. The Kier molecular flexibility index (Phi) is 7.03. The van der Waals surface area contributed by atoms with E-state index in [4.69, 9.17) is 4.74 Å². The lowest BCUT2D eigenvalue weighted by molar-refractivity contribution is -0.117. The number of hydrogen-bond acceptors (Lipinski definition) is 5. The van der Waals surface area contributed by atoms with Gasteiger partial charge in [-0.3, -0.25) is 4.79 Å². The molecular formula is C23H26N4O2S. The molecule has 2 heterocycles. The highest BCUT2D eigenvalue weighted by Gasteiger charge is 2.16. The second-order valence-electron chi connectivity index (χ2n) is 7.27. The summed E-state index contributed by atoms with van der Waals surface area (Å²) in [6.45, 7) is 7.77. The molecule has 1 N–H and O–H groups in total. The molecule has 1 unspecified atom stereocenters. The van der Waals surface area contributed by atoms with Crippen LogP contribution in [0, 0.1) is 25.2 Å². The average Bonchev–Trinajstić information content (AvgIpc) is 3.29. The van der Waals surface area contributed by atoms with Crippen LogP contribution < -0.4 is 5.32 Å². The lowest BCUT2D eigenvalue weighted by Crippen LogP contribution is -2.28. The largest absolute Gasteiger partial charge is 0.383 e. The van der Waals surface area contributed by atoms with Gasteiger partial charge >= 0.3 is 0 Å². The lowest BCUT2D eigenvalue weighted by Gasteiger charge is -2.10. The van der Waals surface area contributed by atoms with Crippen LogP contribution in [0.3, 0.4) is 0 Å². The summed E-state index contributed by atoms with van der Waals surface area (Å²) in [7, 11) is 1.67. The number of nitrogens with one attached hydrogen (secondary N) is 1. The number of benzene rings is 1. The minimum absolute atomic E-state index is 0.0606. The molecule has 0 aliphatic rings. The molecule has 0 aliphatic heterocycles. The van der Waals surface area contributed by atoms with Gasteiger partial charge in [0.25, 0.3) is 5.91 Å². The molecule has 0 aliphatic carbocycles. The number of carbonyl (C=O) groups excluding carboxylic acids is 1. The predicted molar refractivity (Wildman–Crippen MR) is 120 cm³/mol. The first-order chi connectivity index (χ1) is 14.4. The van der Waals surface area contributed by atoms with Crippen molar-refractivity contribution >= 4 is 33.5 Å². The summed E-state index contributed by atoms with van der Waals surface area (Å²) in [4.78, 5) is 17.3. The zero-order valence-electron chi connectivity index (χ0n) is 17.7. The number of methoxy groups -OCH3 is 1. The van der Waals surface area contributed by atoms with Gasteiger partial charge in [-0.2, -0.15) is 5.26 Å². The number of aryl methyl sites for hydroxylation is 1. The third kappa shape index (κ3) is 4.78. The minimum Gasteiger partial charge on any atom is -0.383 e. The Morgan fingerprint density at radius 2 is 2.17 bits per heavy atom. The quantitative estimate of drug-likeness (QED) is 0.436. The Labute approximate surface area is 180 Å². The van der Waals surface area contributed by atoms with E-state index >= 15 is 0 Å². The van der Waals surface area contributed by atoms with E-state index in [-0.39, 0.29) is 17.4 Å². The van der Waals surface area contributed by atoms with Crippen molar-refractivity contribution in [1.29, 1.82) is 5.26 Å². The number of para-hydroxylation sites is 1. The molecule has 3 aromatic rings. The Morgan fingerprint density at radius 3 is 2.87 bits per heavy atom. The molecule has 0 saturated carbocycles. The van der Waals surface area contributed by atoms with Gasteiger partial charge in [-0.25, -0.2) is 4.98 Å². The van der Waals surface area contributed by atoms with Crippen molar-refractivity contribution in [3.05, 3.63) is 57.9 Å². The second-order valence-corrected chi connectivity index (χ2v) is 8.33. The fourth-order valence-corrected chi connectivity index (χ4v) is 4.35. The summed E-state index contributed by atoms with van der Waals surface area (Å²) in [6.07, 6.45) is 1.66. The van der Waals surface area contributed by atoms with Crippen molar-refractivity contribution < 1.29 is 9.53 Å². The van der Waals surface area contributed by atoms with E-state index in [0.717, 1.165) is 38.7 Å². The average molecular weight is 423 g/mol. The van der Waals surface area contributed by atoms with Crippen LogP contribution in [0.2, 0.25) is 0 Å². The summed E-state index contributed by atoms with van der Waals surface area (Å²) >= 11 is 1.63. The highest BCUT2D eigenvalue weighted by atomic mass is 32.1. The molecule has 156 valence electrons. The Balaban J connectivity index is 1.69. The van der Waals surface area contributed by atoms with Gasteiger partial charge in [0.15, 0.2) is 0 Å². The fourth-order valence-electron chi connectivity index (χ4n) is 3.33. The topological polar surface area (TPSA) is 79.9 Å². The predicted octanol–water partition coefficient (Wildman–Crippen LogP) is 4.19. The number of hydrogen-bond donors (Lipinski definition) is 1. The van der Waals surface area contributed by atoms with Gasteiger partial charge in [0.2, 0.25) is 0 Å². The zero-order valence-corrected chi connectivity index (χ0v) is 18.5. The Morgan fingerprint density at radius 1 is 1.40 bits per heavy atom. The fraction of sp³-hybridized carbons (Fsp3) is 0.348. The molecule has 3 rings (SSSR count). The van der Waals surface area contributed by atoms with Crippen molar-refractivity contribution in [2.24, 2.45) is 0 Å². The smallest absolute Gasteiger partial charge is 0.261 e. The van der Waals surface area contributed by atoms with E-state index in [0.29, 0.717) is 13.2 Å². The van der Waals surface area contributed by atoms with Crippen LogP contribution >= 0.6 is 11.3 Å². The number of nitrogens with zero attached hydrogens (tertiary/aromatic N) is 3. The first kappa shape index (κ1) is 21.8. The number of fused-ring (bicyclic) bond motifs is 1. The number of rotatable bonds is 8. The van der Waals surface area contributed by atoms with E-state index in [9.17, 15) is 10.1 Å². The Bertz CT molecular complexity index is 1090. The monoisotopic (exact) mass is 422 g/mol. The van der Waals surface area contributed by atoms with Crippen molar-refractivity contribution in [3.63, 3.8) is 0 Å². The molecule has 0 fully saturated rings. The van der Waals surface area contributed by atoms with Crippen LogP contribution in [0.5, 0.6) is 0 Å². The maximum atomic E-state index is 12.6. The molecule has 0 bridgehead atoms. The number of nitriles is 1. The van der Waals surface area contributed by atoms with Crippen LogP contribution in [0.1, 0.15) is 34.8 Å². The maximum Gasteiger partial charge on any atom is 0.261 e. The van der Waals surface area contributed by atoms with Gasteiger partial charge in [-0.05, 0) is 43.7 Å². The molecule has 0 radical (unpaired) electrons. The maximum absolute atomic E-state index is 12.6. The van der Waals surface area contributed by atoms with Gasteiger partial charge in [0.05, 0.1) is 21.8 Å². The highest BCUT2D eigenvalue weighted by molar-refractivity contribution is 7.18. The third-order valence-corrected chi connectivity index (χ3v) is 6.37. The number of ether oxygens (including phenoxy) is 1. The van der Waals surface area contributed by atoms with Gasteiger partial charge < -0.3 is 14.6 Å². The Hall–Kier alpha value is -2.95. The number of aromatic nitrogens is 2. The lowest BCUT2D eigenvalue weighted by atomic mass is 10.1. The zero-order chi connectivity index (χ0) is 21.7. The number of thiazole rings is 1. The molecule has 6 nitrogen and oxygen atoms in total. The van der Waals surface area contributed by atoms with Gasteiger partial charge in [-0.15, -0.1) is 11.3 Å². The molecule has 7 heteroatoms. The van der Waals surface area contributed by atoms with Crippen molar-refractivity contribution in [3.8, 4) is 6.07 Å². The normalized spacial score (nSPS) is 12.7. The van der Waals surface area contributed by atoms with Gasteiger partial charge in [0, 0.05) is 37.5 Å². The molecule has 0 saturated heterocycles. The second kappa shape index (κ2) is 9.70. The van der Waals surface area contributed by atoms with Crippen LogP contribution in [0.4, 0.5) is 0 Å². The minimum atomic E-state index is -0.368. The first-order valence-corrected chi connectivity index (χ1v) is 10.7. The molecule has 0 spiro atoms. The van der Waals surface area contributed by atoms with E-state index in [1.807, 2.05) is 57.2 Å². The van der Waals surface area contributed by atoms with Crippen molar-refractivity contribution in [2.45, 2.75) is 33.2 Å². The highest BCUT2D eigenvalue weighted by Crippen LogP contribution is 2.27. The molecule has 30 heavy (non-hydrogen) atoms. The summed E-state index contributed by atoms with van der Waals surface area (Å²) in [5, 5.41) is 13.4.